The van der Waals surface area contributed by atoms with Gasteiger partial charge in [0.2, 0.25) is 0 Å². The zero-order chi connectivity index (χ0) is 11.8. The van der Waals surface area contributed by atoms with Crippen molar-refractivity contribution in [1.29, 1.82) is 0 Å². The number of rotatable bonds is 7. The van der Waals surface area contributed by atoms with Gasteiger partial charge < -0.3 is 9.84 Å². The zero-order valence-electron chi connectivity index (χ0n) is 10.3. The first-order valence-electron chi connectivity index (χ1n) is 6.04. The Bertz CT molecular complexity index is 297. The molecule has 0 fully saturated rings. The van der Waals surface area contributed by atoms with Crippen LogP contribution in [0.5, 0.6) is 0 Å². The fourth-order valence-corrected chi connectivity index (χ4v) is 1.66. The van der Waals surface area contributed by atoms with Gasteiger partial charge in [-0.25, -0.2) is 0 Å². The predicted molar refractivity (Wildman–Crippen MR) is 66.6 cm³/mol. The number of aliphatic hydroxyl groups is 1. The summed E-state index contributed by atoms with van der Waals surface area (Å²) < 4.78 is 5.36. The van der Waals surface area contributed by atoms with Crippen LogP contribution in [-0.4, -0.2) is 24.4 Å². The lowest BCUT2D eigenvalue weighted by molar-refractivity contribution is 0.0823. The lowest BCUT2D eigenvalue weighted by Gasteiger charge is -2.12. The lowest BCUT2D eigenvalue weighted by Crippen LogP contribution is -2.14. The molecule has 1 aromatic rings. The third-order valence-electron chi connectivity index (χ3n) is 2.66. The number of benzene rings is 1. The summed E-state index contributed by atoms with van der Waals surface area (Å²) in [5.41, 5.74) is 2.47. The molecule has 1 aromatic carbocycles. The van der Waals surface area contributed by atoms with E-state index in [2.05, 4.69) is 26.0 Å². The molecule has 1 N–H and O–H groups in total. The normalized spacial score (nSPS) is 12.7. The maximum atomic E-state index is 9.85. The first-order chi connectivity index (χ1) is 7.74. The monoisotopic (exact) mass is 222 g/mol. The van der Waals surface area contributed by atoms with Crippen molar-refractivity contribution >= 4 is 0 Å². The third kappa shape index (κ3) is 4.77. The average molecular weight is 222 g/mol. The first kappa shape index (κ1) is 13.2. The summed E-state index contributed by atoms with van der Waals surface area (Å²) in [6, 6.07) is 8.19. The first-order valence-corrected chi connectivity index (χ1v) is 6.04. The molecule has 0 aliphatic heterocycles. The number of aliphatic hydroxyl groups excluding tert-OH is 1. The van der Waals surface area contributed by atoms with E-state index in [0.717, 1.165) is 19.4 Å². The van der Waals surface area contributed by atoms with E-state index in [1.54, 1.807) is 0 Å². The summed E-state index contributed by atoms with van der Waals surface area (Å²) in [4.78, 5) is 0. The van der Waals surface area contributed by atoms with Crippen LogP contribution >= 0.6 is 0 Å². The smallest absolute Gasteiger partial charge is 0.0602 e. The van der Waals surface area contributed by atoms with Crippen molar-refractivity contribution in [2.75, 3.05) is 13.2 Å². The fraction of sp³-hybridized carbons (Fsp3) is 0.571. The van der Waals surface area contributed by atoms with E-state index in [1.807, 2.05) is 12.1 Å². The Hall–Kier alpha value is -0.860. The van der Waals surface area contributed by atoms with Gasteiger partial charge in [-0.2, -0.15) is 0 Å². The molecule has 16 heavy (non-hydrogen) atoms. The molecule has 0 amide bonds. The molecule has 0 saturated heterocycles. The van der Waals surface area contributed by atoms with E-state index >= 15 is 0 Å². The highest BCUT2D eigenvalue weighted by Crippen LogP contribution is 2.11. The summed E-state index contributed by atoms with van der Waals surface area (Å²) in [7, 11) is 0. The van der Waals surface area contributed by atoms with E-state index in [0.29, 0.717) is 13.0 Å². The van der Waals surface area contributed by atoms with E-state index in [4.69, 9.17) is 4.74 Å². The van der Waals surface area contributed by atoms with Crippen molar-refractivity contribution in [1.82, 2.24) is 0 Å². The van der Waals surface area contributed by atoms with Gasteiger partial charge in [0.05, 0.1) is 6.10 Å². The van der Waals surface area contributed by atoms with Crippen molar-refractivity contribution in [2.24, 2.45) is 0 Å². The van der Waals surface area contributed by atoms with Gasteiger partial charge in [0.1, 0.15) is 0 Å². The van der Waals surface area contributed by atoms with Gasteiger partial charge in [0.15, 0.2) is 0 Å². The Morgan fingerprint density at radius 3 is 2.69 bits per heavy atom. The molecule has 0 aliphatic carbocycles. The number of aryl methyl sites for hydroxylation is 1. The zero-order valence-corrected chi connectivity index (χ0v) is 10.3. The van der Waals surface area contributed by atoms with Crippen LogP contribution in [0.15, 0.2) is 24.3 Å². The molecule has 0 saturated carbocycles. The Kier molecular flexibility index (Phi) is 6.12. The van der Waals surface area contributed by atoms with Crippen molar-refractivity contribution in [2.45, 2.75) is 39.2 Å². The number of hydrogen-bond acceptors (Lipinski definition) is 2. The minimum atomic E-state index is -0.294. The second kappa shape index (κ2) is 7.42. The van der Waals surface area contributed by atoms with E-state index in [-0.39, 0.29) is 6.10 Å². The molecule has 90 valence electrons. The van der Waals surface area contributed by atoms with Gasteiger partial charge in [-0.1, -0.05) is 31.2 Å². The molecule has 0 aliphatic rings. The molecule has 0 bridgehead atoms. The quantitative estimate of drug-likeness (QED) is 0.719. The maximum absolute atomic E-state index is 9.85. The summed E-state index contributed by atoms with van der Waals surface area (Å²) in [5, 5.41) is 9.85. The molecule has 0 aromatic heterocycles. The Morgan fingerprint density at radius 2 is 2.00 bits per heavy atom. The highest BCUT2D eigenvalue weighted by Gasteiger charge is 2.06. The van der Waals surface area contributed by atoms with Crippen LogP contribution in [0.25, 0.3) is 0 Å². The molecule has 0 heterocycles. The van der Waals surface area contributed by atoms with Gasteiger partial charge in [-0.15, -0.1) is 0 Å². The van der Waals surface area contributed by atoms with Gasteiger partial charge in [-0.3, -0.25) is 0 Å². The second-order valence-electron chi connectivity index (χ2n) is 4.19. The topological polar surface area (TPSA) is 29.5 Å². The third-order valence-corrected chi connectivity index (χ3v) is 2.66. The number of hydrogen-bond donors (Lipinski definition) is 1. The van der Waals surface area contributed by atoms with Crippen molar-refractivity contribution in [3.63, 3.8) is 0 Å². The van der Waals surface area contributed by atoms with Crippen LogP contribution in [0.2, 0.25) is 0 Å². The SMILES string of the molecule is CCCOCCC(O)Cc1ccccc1C. The minimum absolute atomic E-state index is 0.294. The molecule has 2 heteroatoms. The molecule has 1 rings (SSSR count). The van der Waals surface area contributed by atoms with Gasteiger partial charge in [-0.05, 0) is 37.3 Å². The van der Waals surface area contributed by atoms with Gasteiger partial charge in [0, 0.05) is 13.2 Å². The maximum Gasteiger partial charge on any atom is 0.0602 e. The van der Waals surface area contributed by atoms with Gasteiger partial charge >= 0.3 is 0 Å². The van der Waals surface area contributed by atoms with Gasteiger partial charge in [0.25, 0.3) is 0 Å². The van der Waals surface area contributed by atoms with Crippen LogP contribution in [0.3, 0.4) is 0 Å². The van der Waals surface area contributed by atoms with Crippen molar-refractivity contribution in [3.8, 4) is 0 Å². The van der Waals surface area contributed by atoms with Crippen molar-refractivity contribution < 1.29 is 9.84 Å². The van der Waals surface area contributed by atoms with Crippen LogP contribution in [0.1, 0.15) is 30.9 Å². The fourth-order valence-electron chi connectivity index (χ4n) is 1.66. The summed E-state index contributed by atoms with van der Waals surface area (Å²) in [6.07, 6.45) is 2.18. The average Bonchev–Trinajstić information content (AvgIpc) is 2.28. The standard InChI is InChI=1S/C14H22O2/c1-3-9-16-10-8-14(15)11-13-7-5-4-6-12(13)2/h4-7,14-15H,3,8-11H2,1-2H3. The second-order valence-corrected chi connectivity index (χ2v) is 4.19. The largest absolute Gasteiger partial charge is 0.393 e. The van der Waals surface area contributed by atoms with Crippen LogP contribution < -0.4 is 0 Å². The molecule has 2 nitrogen and oxygen atoms in total. The van der Waals surface area contributed by atoms with E-state index in [9.17, 15) is 5.11 Å². The Morgan fingerprint density at radius 1 is 1.25 bits per heavy atom. The highest BCUT2D eigenvalue weighted by atomic mass is 16.5. The lowest BCUT2D eigenvalue weighted by atomic mass is 10.0. The molecule has 0 spiro atoms. The van der Waals surface area contributed by atoms with E-state index < -0.39 is 0 Å². The minimum Gasteiger partial charge on any atom is -0.393 e. The Labute approximate surface area is 98.3 Å². The summed E-state index contributed by atoms with van der Waals surface area (Å²) >= 11 is 0. The predicted octanol–water partition coefficient (Wildman–Crippen LogP) is 2.72. The summed E-state index contributed by atoms with van der Waals surface area (Å²) in [6.45, 7) is 5.61. The van der Waals surface area contributed by atoms with Crippen molar-refractivity contribution in [3.05, 3.63) is 35.4 Å². The highest BCUT2D eigenvalue weighted by molar-refractivity contribution is 5.26. The molecular weight excluding hydrogens is 200 g/mol. The van der Waals surface area contributed by atoms with Crippen LogP contribution in [-0.2, 0) is 11.2 Å². The molecule has 0 radical (unpaired) electrons. The van der Waals surface area contributed by atoms with E-state index in [1.165, 1.54) is 11.1 Å². The van der Waals surface area contributed by atoms with Crippen LogP contribution in [0.4, 0.5) is 0 Å². The number of ether oxygens (including phenoxy) is 1. The summed E-state index contributed by atoms with van der Waals surface area (Å²) in [5.74, 6) is 0. The van der Waals surface area contributed by atoms with Crippen LogP contribution in [0, 0.1) is 6.92 Å². The molecule has 1 unspecified atom stereocenters. The molecular formula is C14H22O2. The Balaban J connectivity index is 2.28. The molecule has 1 atom stereocenters.